The zero-order chi connectivity index (χ0) is 32.2. The van der Waals surface area contributed by atoms with Crippen LogP contribution in [0, 0.1) is 0 Å². The number of hydrogen-bond acceptors (Lipinski definition) is 6. The Hall–Kier alpha value is -1.93. The molecule has 0 heterocycles. The third kappa shape index (κ3) is 26.2. The van der Waals surface area contributed by atoms with Crippen LogP contribution in [0.4, 0.5) is 0 Å². The average molecular weight is 613 g/mol. The smallest absolute Gasteiger partial charge is 0.362 e. The molecule has 0 aliphatic heterocycles. The molecule has 0 saturated heterocycles. The molecular formula is C35H66NO7+. The largest absolute Gasteiger partial charge is 0.477 e. The van der Waals surface area contributed by atoms with Crippen molar-refractivity contribution in [1.82, 2.24) is 0 Å². The lowest BCUT2D eigenvalue weighted by Gasteiger charge is -2.31. The number of nitrogens with zero attached hydrogens (tertiary/aromatic N) is 1. The molecule has 252 valence electrons. The first-order chi connectivity index (χ1) is 20.6. The number of carbonyl (C=O) groups is 3. The van der Waals surface area contributed by atoms with Crippen LogP contribution in [0.25, 0.3) is 0 Å². The van der Waals surface area contributed by atoms with E-state index in [1.54, 1.807) is 0 Å². The van der Waals surface area contributed by atoms with Gasteiger partial charge in [-0.1, -0.05) is 109 Å². The maximum Gasteiger partial charge on any atom is 0.362 e. The molecule has 0 aromatic heterocycles. The first-order valence-corrected chi connectivity index (χ1v) is 17.2. The van der Waals surface area contributed by atoms with Crippen molar-refractivity contribution < 1.29 is 38.2 Å². The van der Waals surface area contributed by atoms with E-state index in [4.69, 9.17) is 14.2 Å². The van der Waals surface area contributed by atoms with Crippen molar-refractivity contribution in [2.75, 3.05) is 41.0 Å². The number of unbranched alkanes of at least 4 members (excludes halogenated alkanes) is 14. The normalized spacial score (nSPS) is 13.2. The topological polar surface area (TPSA) is 99.1 Å². The van der Waals surface area contributed by atoms with Gasteiger partial charge in [0.05, 0.1) is 34.4 Å². The molecule has 0 rings (SSSR count). The SMILES string of the molecule is CCCCC/C=C/CCC(=O)OC(COCCC(C(=O)O)[N+](C)(C)C)COC(=O)CCCCCCCCCCCCCC. The molecule has 0 aliphatic carbocycles. The van der Waals surface area contributed by atoms with Gasteiger partial charge >= 0.3 is 17.9 Å². The molecule has 0 saturated carbocycles. The highest BCUT2D eigenvalue weighted by molar-refractivity contribution is 5.72. The Bertz CT molecular complexity index is 732. The number of hydrogen-bond donors (Lipinski definition) is 1. The molecule has 0 bridgehead atoms. The molecule has 0 aliphatic rings. The van der Waals surface area contributed by atoms with E-state index in [-0.39, 0.29) is 42.7 Å². The zero-order valence-electron chi connectivity index (χ0n) is 28.4. The molecule has 0 amide bonds. The maximum atomic E-state index is 12.5. The van der Waals surface area contributed by atoms with Gasteiger partial charge in [-0.3, -0.25) is 9.59 Å². The van der Waals surface area contributed by atoms with Crippen molar-refractivity contribution >= 4 is 17.9 Å². The summed E-state index contributed by atoms with van der Waals surface area (Å²) >= 11 is 0. The predicted molar refractivity (Wildman–Crippen MR) is 174 cm³/mol. The minimum atomic E-state index is -0.881. The summed E-state index contributed by atoms with van der Waals surface area (Å²) in [4.78, 5) is 36.4. The Kier molecular flexibility index (Phi) is 26.4. The van der Waals surface area contributed by atoms with E-state index in [1.165, 1.54) is 70.6 Å². The Morgan fingerprint density at radius 3 is 1.77 bits per heavy atom. The summed E-state index contributed by atoms with van der Waals surface area (Å²) in [5.41, 5.74) is 0. The molecule has 8 nitrogen and oxygen atoms in total. The van der Waals surface area contributed by atoms with Crippen LogP contribution in [-0.2, 0) is 28.6 Å². The number of carboxylic acids is 1. The fraction of sp³-hybridized carbons (Fsp3) is 0.857. The van der Waals surface area contributed by atoms with Crippen molar-refractivity contribution in [2.45, 2.75) is 154 Å². The van der Waals surface area contributed by atoms with Gasteiger partial charge in [-0.05, 0) is 25.7 Å². The predicted octanol–water partition coefficient (Wildman–Crippen LogP) is 8.02. The van der Waals surface area contributed by atoms with Gasteiger partial charge in [0.25, 0.3) is 0 Å². The zero-order valence-corrected chi connectivity index (χ0v) is 28.4. The lowest BCUT2D eigenvalue weighted by Crippen LogP contribution is -2.50. The van der Waals surface area contributed by atoms with E-state index < -0.39 is 18.1 Å². The fourth-order valence-corrected chi connectivity index (χ4v) is 4.93. The Balaban J connectivity index is 4.44. The maximum absolute atomic E-state index is 12.5. The number of quaternary nitrogens is 1. The van der Waals surface area contributed by atoms with Gasteiger partial charge in [-0.15, -0.1) is 0 Å². The van der Waals surface area contributed by atoms with E-state index in [1.807, 2.05) is 27.2 Å². The summed E-state index contributed by atoms with van der Waals surface area (Å²) in [6.07, 6.45) is 24.2. The number of aliphatic carboxylic acids is 1. The van der Waals surface area contributed by atoms with Crippen LogP contribution in [0.15, 0.2) is 12.2 Å². The van der Waals surface area contributed by atoms with E-state index >= 15 is 0 Å². The quantitative estimate of drug-likeness (QED) is 0.0380. The second-order valence-electron chi connectivity index (χ2n) is 12.8. The summed E-state index contributed by atoms with van der Waals surface area (Å²) in [7, 11) is 5.49. The van der Waals surface area contributed by atoms with Crippen molar-refractivity contribution in [1.29, 1.82) is 0 Å². The van der Waals surface area contributed by atoms with E-state index in [0.717, 1.165) is 32.1 Å². The van der Waals surface area contributed by atoms with E-state index in [2.05, 4.69) is 19.9 Å². The van der Waals surface area contributed by atoms with Crippen molar-refractivity contribution in [2.24, 2.45) is 0 Å². The van der Waals surface area contributed by atoms with E-state index in [0.29, 0.717) is 19.3 Å². The summed E-state index contributed by atoms with van der Waals surface area (Å²) in [6.45, 7) is 4.61. The van der Waals surface area contributed by atoms with Gasteiger partial charge in [0.15, 0.2) is 12.1 Å². The van der Waals surface area contributed by atoms with Crippen molar-refractivity contribution in [3.63, 3.8) is 0 Å². The third-order valence-electron chi connectivity index (χ3n) is 7.68. The number of carboxylic acid groups (broad SMARTS) is 1. The first-order valence-electron chi connectivity index (χ1n) is 17.2. The van der Waals surface area contributed by atoms with E-state index in [9.17, 15) is 19.5 Å². The minimum absolute atomic E-state index is 0.0496. The van der Waals surface area contributed by atoms with Crippen LogP contribution in [-0.4, -0.2) is 80.6 Å². The molecule has 0 aromatic carbocycles. The number of carbonyl (C=O) groups excluding carboxylic acids is 2. The number of ether oxygens (including phenoxy) is 3. The number of esters is 2. The van der Waals surface area contributed by atoms with Gasteiger partial charge < -0.3 is 23.8 Å². The molecule has 8 heteroatoms. The van der Waals surface area contributed by atoms with Gasteiger partial charge in [-0.25, -0.2) is 4.79 Å². The highest BCUT2D eigenvalue weighted by atomic mass is 16.6. The van der Waals surface area contributed by atoms with Crippen LogP contribution in [0.2, 0.25) is 0 Å². The monoisotopic (exact) mass is 612 g/mol. The van der Waals surface area contributed by atoms with Gasteiger partial charge in [-0.2, -0.15) is 0 Å². The lowest BCUT2D eigenvalue weighted by molar-refractivity contribution is -0.887. The summed E-state index contributed by atoms with van der Waals surface area (Å²) in [5.74, 6) is -1.54. The molecule has 2 atom stereocenters. The Labute approximate surface area is 263 Å². The second kappa shape index (κ2) is 27.6. The van der Waals surface area contributed by atoms with Crippen molar-refractivity contribution in [3.05, 3.63) is 12.2 Å². The van der Waals surface area contributed by atoms with Crippen LogP contribution in [0.3, 0.4) is 0 Å². The van der Waals surface area contributed by atoms with Crippen LogP contribution >= 0.6 is 0 Å². The number of rotatable bonds is 30. The van der Waals surface area contributed by atoms with Gasteiger partial charge in [0.1, 0.15) is 6.61 Å². The van der Waals surface area contributed by atoms with Crippen LogP contribution < -0.4 is 0 Å². The highest BCUT2D eigenvalue weighted by Crippen LogP contribution is 2.13. The summed E-state index contributed by atoms with van der Waals surface area (Å²) in [5, 5.41) is 9.53. The minimum Gasteiger partial charge on any atom is -0.477 e. The molecule has 0 fully saturated rings. The highest BCUT2D eigenvalue weighted by Gasteiger charge is 2.31. The average Bonchev–Trinajstić information content (AvgIpc) is 2.94. The standard InChI is InChI=1S/C35H65NO7/c1-6-8-10-12-14-15-16-17-18-20-21-23-25-33(37)42-30-31(29-41-28-27-32(35(39)40)36(3,4)5)43-34(38)26-24-22-19-13-11-9-7-2/h19,22,31-32H,6-18,20-21,23-30H2,1-5H3/p+1/b22-19+. The molecule has 0 aromatic rings. The number of allylic oxidation sites excluding steroid dienone is 2. The number of likely N-dealkylation sites (N-methyl/N-ethyl adjacent to an activating group) is 1. The molecule has 2 unspecified atom stereocenters. The molecular weight excluding hydrogens is 546 g/mol. The lowest BCUT2D eigenvalue weighted by atomic mass is 10.0. The van der Waals surface area contributed by atoms with Crippen molar-refractivity contribution in [3.8, 4) is 0 Å². The Morgan fingerprint density at radius 1 is 0.674 bits per heavy atom. The molecule has 1 N–H and O–H groups in total. The molecule has 0 radical (unpaired) electrons. The molecule has 43 heavy (non-hydrogen) atoms. The van der Waals surface area contributed by atoms with Crippen LogP contribution in [0.1, 0.15) is 142 Å². The second-order valence-corrected chi connectivity index (χ2v) is 12.8. The summed E-state index contributed by atoms with van der Waals surface area (Å²) < 4.78 is 17.0. The third-order valence-corrected chi connectivity index (χ3v) is 7.68. The Morgan fingerprint density at radius 2 is 1.21 bits per heavy atom. The summed E-state index contributed by atoms with van der Waals surface area (Å²) in [6, 6.07) is -0.613. The molecule has 0 spiro atoms. The fourth-order valence-electron chi connectivity index (χ4n) is 4.93. The van der Waals surface area contributed by atoms with Gasteiger partial charge in [0, 0.05) is 19.3 Å². The van der Waals surface area contributed by atoms with Gasteiger partial charge in [0.2, 0.25) is 0 Å². The first kappa shape index (κ1) is 41.1. The van der Waals surface area contributed by atoms with Crippen LogP contribution in [0.5, 0.6) is 0 Å².